The molecule has 164 valence electrons. The van der Waals surface area contributed by atoms with Crippen molar-refractivity contribution < 1.29 is 36.6 Å². The van der Waals surface area contributed by atoms with E-state index in [-0.39, 0.29) is 19.4 Å². The Hall–Kier alpha value is -2.12. The minimum atomic E-state index is -5.29. The molecule has 0 saturated carbocycles. The molecule has 2 heterocycles. The highest BCUT2D eigenvalue weighted by molar-refractivity contribution is 6.51. The molecule has 1 saturated heterocycles. The summed E-state index contributed by atoms with van der Waals surface area (Å²) in [5.41, 5.74) is -6.84. The van der Waals surface area contributed by atoms with E-state index in [4.69, 9.17) is 27.9 Å². The van der Waals surface area contributed by atoms with Crippen molar-refractivity contribution in [3.8, 4) is 6.07 Å². The fraction of sp³-hybridized carbons (Fsp3) is 0.500. The molecule has 0 aliphatic carbocycles. The van der Waals surface area contributed by atoms with Crippen molar-refractivity contribution in [2.45, 2.75) is 43.6 Å². The van der Waals surface area contributed by atoms with Crippen LogP contribution in [0.15, 0.2) is 5.76 Å². The van der Waals surface area contributed by atoms with Gasteiger partial charge >= 0.3 is 12.1 Å². The first kappa shape index (κ1) is 24.2. The highest BCUT2D eigenvalue weighted by atomic mass is 35.5. The van der Waals surface area contributed by atoms with Crippen molar-refractivity contribution in [1.29, 1.82) is 5.26 Å². The molecule has 0 aromatic carbocycles. The van der Waals surface area contributed by atoms with E-state index in [9.17, 15) is 37.1 Å². The molecule has 1 N–H and O–H groups in total. The number of hydrogen-bond acceptors (Lipinski definition) is 4. The fourth-order valence-electron chi connectivity index (χ4n) is 3.11. The van der Waals surface area contributed by atoms with Crippen LogP contribution in [-0.2, 0) is 17.3 Å². The van der Waals surface area contributed by atoms with Crippen molar-refractivity contribution in [2.24, 2.45) is 5.92 Å². The molecule has 5 nitrogen and oxygen atoms in total. The number of carbonyl (C=O) groups is 1. The van der Waals surface area contributed by atoms with E-state index in [1.54, 1.807) is 13.8 Å². The topological polar surface area (TPSA) is 83.2 Å². The molecule has 0 bridgehead atoms. The van der Waals surface area contributed by atoms with Gasteiger partial charge in [-0.3, -0.25) is 0 Å². The van der Waals surface area contributed by atoms with Gasteiger partial charge in [0.05, 0.1) is 12.2 Å². The standard InChI is InChI=1S/C18H15Cl2F5N2O3/c1-7(2)5-8-10(9(6-26)14-17(19,20)3-4-30-14)13(18(23,24)25)27-12(15(21)22)11(8)16(28)29/h7,15H,3-5H2,1-2H3,(H,28,29). The van der Waals surface area contributed by atoms with Crippen LogP contribution in [0, 0.1) is 17.2 Å². The molecule has 0 radical (unpaired) electrons. The number of nitriles is 1. The van der Waals surface area contributed by atoms with Crippen LogP contribution < -0.4 is 0 Å². The van der Waals surface area contributed by atoms with Crippen LogP contribution >= 0.6 is 23.2 Å². The van der Waals surface area contributed by atoms with Gasteiger partial charge in [0, 0.05) is 12.0 Å². The number of aromatic carboxylic acids is 1. The predicted octanol–water partition coefficient (Wildman–Crippen LogP) is 5.76. The summed E-state index contributed by atoms with van der Waals surface area (Å²) in [6.07, 6.45) is -9.30. The summed E-state index contributed by atoms with van der Waals surface area (Å²) in [6, 6.07) is 1.52. The molecule has 1 aromatic rings. The minimum Gasteiger partial charge on any atom is -0.493 e. The van der Waals surface area contributed by atoms with Crippen molar-refractivity contribution in [3.05, 3.63) is 33.8 Å². The monoisotopic (exact) mass is 472 g/mol. The first-order valence-corrected chi connectivity index (χ1v) is 9.29. The number of nitrogens with zero attached hydrogens (tertiary/aromatic N) is 2. The van der Waals surface area contributed by atoms with E-state index < -0.39 is 68.2 Å². The van der Waals surface area contributed by atoms with Crippen LogP contribution in [0.25, 0.3) is 5.57 Å². The number of hydrogen-bond donors (Lipinski definition) is 1. The molecule has 1 fully saturated rings. The molecule has 0 atom stereocenters. The Morgan fingerprint density at radius 1 is 1.33 bits per heavy atom. The second-order valence-electron chi connectivity index (χ2n) is 6.89. The Morgan fingerprint density at radius 2 is 1.93 bits per heavy atom. The molecule has 1 aliphatic rings. The quantitative estimate of drug-likeness (QED) is 0.334. The lowest BCUT2D eigenvalue weighted by molar-refractivity contribution is -0.141. The summed E-state index contributed by atoms with van der Waals surface area (Å²) in [4.78, 5) is 14.7. The molecule has 30 heavy (non-hydrogen) atoms. The average Bonchev–Trinajstić information content (AvgIpc) is 2.93. The van der Waals surface area contributed by atoms with Gasteiger partial charge in [0.2, 0.25) is 0 Å². The average molecular weight is 473 g/mol. The van der Waals surface area contributed by atoms with Gasteiger partial charge in [-0.25, -0.2) is 18.6 Å². The van der Waals surface area contributed by atoms with Crippen LogP contribution in [0.1, 0.15) is 59.6 Å². The zero-order chi connectivity index (χ0) is 23.0. The van der Waals surface area contributed by atoms with Gasteiger partial charge in [0.1, 0.15) is 17.3 Å². The number of pyridine rings is 1. The molecule has 0 unspecified atom stereocenters. The number of carboxylic acid groups (broad SMARTS) is 1. The van der Waals surface area contributed by atoms with Crippen LogP contribution in [0.4, 0.5) is 22.0 Å². The molecule has 2 rings (SSSR count). The summed E-state index contributed by atoms with van der Waals surface area (Å²) < 4.78 is 71.8. The maximum absolute atomic E-state index is 13.8. The molecule has 0 amide bonds. The number of carboxylic acids is 1. The van der Waals surface area contributed by atoms with Crippen molar-refractivity contribution in [2.75, 3.05) is 6.61 Å². The summed E-state index contributed by atoms with van der Waals surface area (Å²) in [7, 11) is 0. The van der Waals surface area contributed by atoms with Crippen molar-refractivity contribution in [3.63, 3.8) is 0 Å². The van der Waals surface area contributed by atoms with Gasteiger partial charge in [0.25, 0.3) is 6.43 Å². The van der Waals surface area contributed by atoms with E-state index >= 15 is 0 Å². The first-order chi connectivity index (χ1) is 13.7. The first-order valence-electron chi connectivity index (χ1n) is 8.53. The summed E-state index contributed by atoms with van der Waals surface area (Å²) in [6.45, 7) is 2.98. The molecular formula is C18H15Cl2F5N2O3. The highest BCUT2D eigenvalue weighted by Crippen LogP contribution is 2.47. The normalized spacial score (nSPS) is 17.8. The van der Waals surface area contributed by atoms with Gasteiger partial charge in [-0.1, -0.05) is 37.0 Å². The second kappa shape index (κ2) is 8.55. The molecule has 0 spiro atoms. The van der Waals surface area contributed by atoms with Crippen molar-refractivity contribution >= 4 is 34.7 Å². The lowest BCUT2D eigenvalue weighted by Gasteiger charge is -2.23. The molecule has 1 aromatic heterocycles. The smallest absolute Gasteiger partial charge is 0.434 e. The Morgan fingerprint density at radius 3 is 2.30 bits per heavy atom. The van der Waals surface area contributed by atoms with E-state index in [2.05, 4.69) is 4.98 Å². The maximum Gasteiger partial charge on any atom is 0.434 e. The third-order valence-electron chi connectivity index (χ3n) is 4.21. The second-order valence-corrected chi connectivity index (χ2v) is 8.38. The Kier molecular flexibility index (Phi) is 6.89. The number of alkyl halides is 7. The van der Waals surface area contributed by atoms with E-state index in [0.717, 1.165) is 0 Å². The largest absolute Gasteiger partial charge is 0.493 e. The van der Waals surface area contributed by atoms with Gasteiger partial charge in [-0.2, -0.15) is 18.4 Å². The fourth-order valence-corrected chi connectivity index (χ4v) is 3.57. The number of rotatable bonds is 5. The third-order valence-corrected chi connectivity index (χ3v) is 4.93. The van der Waals surface area contributed by atoms with Crippen LogP contribution in [0.3, 0.4) is 0 Å². The molecule has 12 heteroatoms. The lowest BCUT2D eigenvalue weighted by Crippen LogP contribution is -2.23. The maximum atomic E-state index is 13.8. The Bertz CT molecular complexity index is 937. The summed E-state index contributed by atoms with van der Waals surface area (Å²) >= 11 is 12.1. The Labute approximate surface area is 178 Å². The molecule has 1 aliphatic heterocycles. The van der Waals surface area contributed by atoms with E-state index in [1.807, 2.05) is 0 Å². The number of allylic oxidation sites excluding steroid dienone is 2. The van der Waals surface area contributed by atoms with Gasteiger partial charge in [0.15, 0.2) is 15.8 Å². The van der Waals surface area contributed by atoms with E-state index in [0.29, 0.717) is 0 Å². The minimum absolute atomic E-state index is 0.0498. The van der Waals surface area contributed by atoms with Gasteiger partial charge < -0.3 is 9.84 Å². The van der Waals surface area contributed by atoms with Crippen molar-refractivity contribution in [1.82, 2.24) is 4.98 Å². The van der Waals surface area contributed by atoms with Crippen LogP contribution in [0.5, 0.6) is 0 Å². The zero-order valence-electron chi connectivity index (χ0n) is 15.6. The number of aromatic nitrogens is 1. The lowest BCUT2D eigenvalue weighted by atomic mass is 9.87. The zero-order valence-corrected chi connectivity index (χ0v) is 17.1. The number of ether oxygens (including phenoxy) is 1. The number of halogens is 7. The third kappa shape index (κ3) is 4.62. The molecular weight excluding hydrogens is 458 g/mol. The SMILES string of the molecule is CC(C)Cc1c(C(=O)O)c(C(F)F)nc(C(F)(F)F)c1C(C#N)=C1OCCC1(Cl)Cl. The Balaban J connectivity index is 3.13. The summed E-state index contributed by atoms with van der Waals surface area (Å²) in [5, 5.41) is 19.1. The van der Waals surface area contributed by atoms with Gasteiger partial charge in [-0.05, 0) is 17.9 Å². The predicted molar refractivity (Wildman–Crippen MR) is 97.2 cm³/mol. The summed E-state index contributed by atoms with van der Waals surface area (Å²) in [5.74, 6) is -2.87. The van der Waals surface area contributed by atoms with Crippen LogP contribution in [-0.4, -0.2) is 27.0 Å². The van der Waals surface area contributed by atoms with Gasteiger partial charge in [-0.15, -0.1) is 0 Å². The van der Waals surface area contributed by atoms with E-state index in [1.165, 1.54) is 6.07 Å². The highest BCUT2D eigenvalue weighted by Gasteiger charge is 2.45. The van der Waals surface area contributed by atoms with Crippen LogP contribution in [0.2, 0.25) is 0 Å².